The third-order valence-electron chi connectivity index (χ3n) is 4.33. The third-order valence-corrected chi connectivity index (χ3v) is 4.56. The van der Waals surface area contributed by atoms with Crippen LogP contribution in [0.1, 0.15) is 18.1 Å². The van der Waals surface area contributed by atoms with Gasteiger partial charge in [-0.2, -0.15) is 5.26 Å². The highest BCUT2D eigenvalue weighted by Gasteiger charge is 2.12. The number of nitriles is 1. The fourth-order valence-corrected chi connectivity index (χ4v) is 3.05. The van der Waals surface area contributed by atoms with Gasteiger partial charge in [-0.15, -0.1) is 0 Å². The van der Waals surface area contributed by atoms with Gasteiger partial charge in [0, 0.05) is 10.7 Å². The standard InChI is InChI=1S/C25H20ClFN2O3/c1-2-31-24-14-17(6-11-23(24)32-16-18-4-3-5-20(26)13-18)12-19(15-28)25(30)29-22-9-7-21(27)8-10-22/h3-14H,2,16H2,1H3,(H,29,30)/b19-12+. The predicted molar refractivity (Wildman–Crippen MR) is 122 cm³/mol. The molecule has 0 atom stereocenters. The van der Waals surface area contributed by atoms with Crippen molar-refractivity contribution < 1.29 is 18.7 Å². The smallest absolute Gasteiger partial charge is 0.266 e. The van der Waals surface area contributed by atoms with Gasteiger partial charge in [0.25, 0.3) is 5.91 Å². The molecule has 0 heterocycles. The first-order valence-electron chi connectivity index (χ1n) is 9.81. The normalized spacial score (nSPS) is 10.9. The SMILES string of the molecule is CCOc1cc(/C=C(\C#N)C(=O)Nc2ccc(F)cc2)ccc1OCc1cccc(Cl)c1. The summed E-state index contributed by atoms with van der Waals surface area (Å²) >= 11 is 6.01. The lowest BCUT2D eigenvalue weighted by Crippen LogP contribution is -2.13. The van der Waals surface area contributed by atoms with E-state index in [1.807, 2.05) is 31.2 Å². The van der Waals surface area contributed by atoms with Crippen LogP contribution < -0.4 is 14.8 Å². The first-order chi connectivity index (χ1) is 15.5. The maximum Gasteiger partial charge on any atom is 0.266 e. The van der Waals surface area contributed by atoms with Gasteiger partial charge >= 0.3 is 0 Å². The molecule has 0 spiro atoms. The van der Waals surface area contributed by atoms with Gasteiger partial charge in [0.05, 0.1) is 6.61 Å². The van der Waals surface area contributed by atoms with Crippen LogP contribution in [0.4, 0.5) is 10.1 Å². The molecule has 3 aromatic carbocycles. The highest BCUT2D eigenvalue weighted by molar-refractivity contribution is 6.30. The number of rotatable bonds is 8. The summed E-state index contributed by atoms with van der Waals surface area (Å²) in [4.78, 5) is 12.4. The Kier molecular flexibility index (Phi) is 7.85. The second-order valence-corrected chi connectivity index (χ2v) is 7.13. The number of halogens is 2. The summed E-state index contributed by atoms with van der Waals surface area (Å²) in [7, 11) is 0. The second-order valence-electron chi connectivity index (χ2n) is 6.69. The predicted octanol–water partition coefficient (Wildman–Crippen LogP) is 6.00. The molecule has 0 radical (unpaired) electrons. The summed E-state index contributed by atoms with van der Waals surface area (Å²) in [6.45, 7) is 2.57. The molecule has 0 saturated carbocycles. The molecule has 0 bridgehead atoms. The summed E-state index contributed by atoms with van der Waals surface area (Å²) in [5, 5.41) is 12.6. The van der Waals surface area contributed by atoms with Crippen LogP contribution in [0.25, 0.3) is 6.08 Å². The Morgan fingerprint density at radius 2 is 1.88 bits per heavy atom. The maximum atomic E-state index is 13.0. The molecule has 0 fully saturated rings. The minimum Gasteiger partial charge on any atom is -0.490 e. The molecule has 3 aromatic rings. The van der Waals surface area contributed by atoms with Crippen LogP contribution in [0.5, 0.6) is 11.5 Å². The Morgan fingerprint density at radius 1 is 1.09 bits per heavy atom. The summed E-state index contributed by atoms with van der Waals surface area (Å²) < 4.78 is 24.6. The van der Waals surface area contributed by atoms with E-state index in [9.17, 15) is 14.4 Å². The van der Waals surface area contributed by atoms with Crippen molar-refractivity contribution in [1.29, 1.82) is 5.26 Å². The van der Waals surface area contributed by atoms with Crippen molar-refractivity contribution in [2.24, 2.45) is 0 Å². The zero-order valence-corrected chi connectivity index (χ0v) is 18.0. The van der Waals surface area contributed by atoms with E-state index < -0.39 is 11.7 Å². The molecule has 5 nitrogen and oxygen atoms in total. The van der Waals surface area contributed by atoms with Crippen LogP contribution in [0.3, 0.4) is 0 Å². The van der Waals surface area contributed by atoms with Crippen LogP contribution >= 0.6 is 11.6 Å². The maximum absolute atomic E-state index is 13.0. The van der Waals surface area contributed by atoms with E-state index in [-0.39, 0.29) is 5.57 Å². The van der Waals surface area contributed by atoms with Crippen LogP contribution in [-0.4, -0.2) is 12.5 Å². The highest BCUT2D eigenvalue weighted by atomic mass is 35.5. The average Bonchev–Trinajstić information content (AvgIpc) is 2.78. The van der Waals surface area contributed by atoms with E-state index >= 15 is 0 Å². The van der Waals surface area contributed by atoms with Crippen molar-refractivity contribution in [1.82, 2.24) is 0 Å². The van der Waals surface area contributed by atoms with Gasteiger partial charge in [0.2, 0.25) is 0 Å². The molecule has 1 amide bonds. The number of nitrogens with zero attached hydrogens (tertiary/aromatic N) is 1. The minimum absolute atomic E-state index is 0.107. The molecule has 162 valence electrons. The lowest BCUT2D eigenvalue weighted by Gasteiger charge is -2.13. The number of anilines is 1. The van der Waals surface area contributed by atoms with E-state index in [0.717, 1.165) is 5.56 Å². The molecular formula is C25H20ClFN2O3. The minimum atomic E-state index is -0.599. The fourth-order valence-electron chi connectivity index (χ4n) is 2.84. The quantitative estimate of drug-likeness (QED) is 0.337. The molecule has 0 aromatic heterocycles. The largest absolute Gasteiger partial charge is 0.490 e. The molecule has 0 unspecified atom stereocenters. The summed E-state index contributed by atoms with van der Waals surface area (Å²) in [6.07, 6.45) is 1.45. The number of hydrogen-bond acceptors (Lipinski definition) is 4. The van der Waals surface area contributed by atoms with Gasteiger partial charge < -0.3 is 14.8 Å². The van der Waals surface area contributed by atoms with E-state index in [1.54, 1.807) is 24.3 Å². The number of carbonyl (C=O) groups is 1. The van der Waals surface area contributed by atoms with Gasteiger partial charge in [-0.25, -0.2) is 4.39 Å². The van der Waals surface area contributed by atoms with E-state index in [1.165, 1.54) is 30.3 Å². The number of ether oxygens (including phenoxy) is 2. The van der Waals surface area contributed by atoms with Gasteiger partial charge in [-0.05, 0) is 72.7 Å². The van der Waals surface area contributed by atoms with Gasteiger partial charge in [0.1, 0.15) is 24.1 Å². The van der Waals surface area contributed by atoms with Gasteiger partial charge in [-0.3, -0.25) is 4.79 Å². The van der Waals surface area contributed by atoms with E-state index in [4.69, 9.17) is 21.1 Å². The number of benzene rings is 3. The van der Waals surface area contributed by atoms with Crippen molar-refractivity contribution in [3.05, 3.63) is 94.3 Å². The highest BCUT2D eigenvalue weighted by Crippen LogP contribution is 2.30. The first-order valence-corrected chi connectivity index (χ1v) is 10.2. The molecule has 0 saturated heterocycles. The summed E-state index contributed by atoms with van der Waals surface area (Å²) in [6, 6.07) is 19.7. The van der Waals surface area contributed by atoms with Gasteiger partial charge in [-0.1, -0.05) is 29.8 Å². The second kappa shape index (κ2) is 11.0. The van der Waals surface area contributed by atoms with Crippen LogP contribution in [0.15, 0.2) is 72.3 Å². The molecular weight excluding hydrogens is 431 g/mol. The zero-order valence-electron chi connectivity index (χ0n) is 17.3. The Labute approximate surface area is 190 Å². The Morgan fingerprint density at radius 3 is 2.56 bits per heavy atom. The molecule has 0 aliphatic heterocycles. The van der Waals surface area contributed by atoms with E-state index in [2.05, 4.69) is 5.32 Å². The van der Waals surface area contributed by atoms with Crippen LogP contribution in [0.2, 0.25) is 5.02 Å². The molecule has 1 N–H and O–H groups in total. The van der Waals surface area contributed by atoms with Crippen molar-refractivity contribution in [2.75, 3.05) is 11.9 Å². The first kappa shape index (κ1) is 22.9. The monoisotopic (exact) mass is 450 g/mol. The molecule has 0 aliphatic carbocycles. The molecule has 7 heteroatoms. The lowest BCUT2D eigenvalue weighted by molar-refractivity contribution is -0.112. The number of hydrogen-bond donors (Lipinski definition) is 1. The van der Waals surface area contributed by atoms with Crippen molar-refractivity contribution in [3.8, 4) is 17.6 Å². The van der Waals surface area contributed by atoms with Crippen molar-refractivity contribution >= 4 is 29.3 Å². The van der Waals surface area contributed by atoms with Crippen LogP contribution in [0, 0.1) is 17.1 Å². The third kappa shape index (κ3) is 6.34. The number of amides is 1. The summed E-state index contributed by atoms with van der Waals surface area (Å²) in [5.74, 6) is -0.00344. The van der Waals surface area contributed by atoms with Crippen LogP contribution in [-0.2, 0) is 11.4 Å². The van der Waals surface area contributed by atoms with Crippen molar-refractivity contribution in [2.45, 2.75) is 13.5 Å². The van der Waals surface area contributed by atoms with E-state index in [0.29, 0.717) is 41.0 Å². The lowest BCUT2D eigenvalue weighted by atomic mass is 10.1. The average molecular weight is 451 g/mol. The van der Waals surface area contributed by atoms with Gasteiger partial charge in [0.15, 0.2) is 11.5 Å². The number of nitrogens with one attached hydrogen (secondary N) is 1. The molecule has 3 rings (SSSR count). The zero-order chi connectivity index (χ0) is 22.9. The topological polar surface area (TPSA) is 71.3 Å². The Hall–Kier alpha value is -3.82. The Balaban J connectivity index is 1.77. The summed E-state index contributed by atoms with van der Waals surface area (Å²) in [5.41, 5.74) is 1.78. The van der Waals surface area contributed by atoms with Crippen molar-refractivity contribution in [3.63, 3.8) is 0 Å². The Bertz CT molecular complexity index is 1170. The fraction of sp³-hybridized carbons (Fsp3) is 0.120. The molecule has 0 aliphatic rings. The number of carbonyl (C=O) groups excluding carboxylic acids is 1. The molecule has 32 heavy (non-hydrogen) atoms.